The molecule has 1 aromatic carbocycles. The van der Waals surface area contributed by atoms with Crippen LogP contribution in [0.5, 0.6) is 0 Å². The largest absolute Gasteiger partial charge is 0.469 e. The maximum Gasteiger partial charge on any atom is 0.410 e. The van der Waals surface area contributed by atoms with Crippen LogP contribution in [0.15, 0.2) is 30.3 Å². The number of amides is 1. The number of likely N-dealkylation sites (tertiary alicyclic amines) is 1. The van der Waals surface area contributed by atoms with Gasteiger partial charge in [-0.2, -0.15) is 0 Å². The molecule has 1 saturated heterocycles. The van der Waals surface area contributed by atoms with Gasteiger partial charge in [0.25, 0.3) is 0 Å². The number of hydrogen-bond donors (Lipinski definition) is 0. The molecule has 5 heteroatoms. The Hall–Kier alpha value is -2.04. The van der Waals surface area contributed by atoms with Crippen LogP contribution < -0.4 is 0 Å². The molecule has 2 atom stereocenters. The highest BCUT2D eigenvalue weighted by molar-refractivity contribution is 5.75. The summed E-state index contributed by atoms with van der Waals surface area (Å²) < 4.78 is 10.1. The second-order valence-corrected chi connectivity index (χ2v) is 5.34. The number of esters is 1. The third-order valence-corrected chi connectivity index (χ3v) is 3.86. The summed E-state index contributed by atoms with van der Waals surface area (Å²) in [5, 5.41) is 0. The average Bonchev–Trinajstić information content (AvgIpc) is 2.53. The van der Waals surface area contributed by atoms with Crippen molar-refractivity contribution >= 4 is 12.1 Å². The van der Waals surface area contributed by atoms with Crippen molar-refractivity contribution in [2.75, 3.05) is 13.7 Å². The van der Waals surface area contributed by atoms with Gasteiger partial charge in [0, 0.05) is 12.6 Å². The molecule has 2 rings (SSSR count). The Balaban J connectivity index is 1.92. The molecular weight excluding hydrogens is 270 g/mol. The molecule has 0 spiro atoms. The first-order valence-electron chi connectivity index (χ1n) is 7.17. The number of nitrogens with zero attached hydrogens (tertiary/aromatic N) is 1. The van der Waals surface area contributed by atoms with Gasteiger partial charge in [-0.3, -0.25) is 4.79 Å². The molecule has 1 aliphatic heterocycles. The predicted octanol–water partition coefficient (Wildman–Crippen LogP) is 2.60. The summed E-state index contributed by atoms with van der Waals surface area (Å²) in [7, 11) is 1.37. The molecule has 1 aromatic rings. The predicted molar refractivity (Wildman–Crippen MR) is 77.5 cm³/mol. The van der Waals surface area contributed by atoms with Crippen molar-refractivity contribution in [3.63, 3.8) is 0 Å². The lowest BCUT2D eigenvalue weighted by Crippen LogP contribution is -2.47. The fourth-order valence-electron chi connectivity index (χ4n) is 2.52. The second kappa shape index (κ2) is 7.11. The summed E-state index contributed by atoms with van der Waals surface area (Å²) in [5.74, 6) is -0.516. The number of ether oxygens (including phenoxy) is 2. The third kappa shape index (κ3) is 3.97. The number of hydrogen-bond acceptors (Lipinski definition) is 4. The standard InChI is InChI=1S/C16H21NO4/c1-12-8-9-14(15(18)20-2)10-17(12)16(19)21-11-13-6-4-3-5-7-13/h3-7,12,14H,8-11H2,1-2H3/t12-,14+/m1/s1. The van der Waals surface area contributed by atoms with E-state index in [-0.39, 0.29) is 30.6 Å². The minimum Gasteiger partial charge on any atom is -0.469 e. The van der Waals surface area contributed by atoms with Crippen molar-refractivity contribution in [1.82, 2.24) is 4.90 Å². The Bertz CT molecular complexity index is 488. The van der Waals surface area contributed by atoms with E-state index in [1.54, 1.807) is 4.90 Å². The third-order valence-electron chi connectivity index (χ3n) is 3.86. The van der Waals surface area contributed by atoms with E-state index in [0.717, 1.165) is 18.4 Å². The van der Waals surface area contributed by atoms with Crippen LogP contribution in [-0.2, 0) is 20.9 Å². The molecule has 0 bridgehead atoms. The lowest BCUT2D eigenvalue weighted by atomic mass is 9.94. The smallest absolute Gasteiger partial charge is 0.410 e. The monoisotopic (exact) mass is 291 g/mol. The Morgan fingerprint density at radius 2 is 1.95 bits per heavy atom. The lowest BCUT2D eigenvalue weighted by Gasteiger charge is -2.36. The summed E-state index contributed by atoms with van der Waals surface area (Å²) in [6, 6.07) is 9.61. The number of carbonyl (C=O) groups is 2. The lowest BCUT2D eigenvalue weighted by molar-refractivity contribution is -0.147. The van der Waals surface area contributed by atoms with Crippen LogP contribution in [0, 0.1) is 5.92 Å². The molecule has 1 fully saturated rings. The molecular formula is C16H21NO4. The number of benzene rings is 1. The zero-order valence-corrected chi connectivity index (χ0v) is 12.5. The van der Waals surface area contributed by atoms with E-state index in [1.165, 1.54) is 7.11 Å². The molecule has 0 unspecified atom stereocenters. The molecule has 1 amide bonds. The average molecular weight is 291 g/mol. The first-order chi connectivity index (χ1) is 10.1. The Morgan fingerprint density at radius 1 is 1.24 bits per heavy atom. The summed E-state index contributed by atoms with van der Waals surface area (Å²) in [6.07, 6.45) is 1.15. The fourth-order valence-corrected chi connectivity index (χ4v) is 2.52. The van der Waals surface area contributed by atoms with E-state index in [1.807, 2.05) is 37.3 Å². The minimum atomic E-state index is -0.375. The number of methoxy groups -OCH3 is 1. The first-order valence-corrected chi connectivity index (χ1v) is 7.17. The topological polar surface area (TPSA) is 55.8 Å². The molecule has 0 aromatic heterocycles. The van der Waals surface area contributed by atoms with Crippen LogP contribution in [0.3, 0.4) is 0 Å². The highest BCUT2D eigenvalue weighted by Gasteiger charge is 2.33. The molecule has 0 N–H and O–H groups in total. The molecule has 0 aliphatic carbocycles. The van der Waals surface area contributed by atoms with Gasteiger partial charge >= 0.3 is 12.1 Å². The van der Waals surface area contributed by atoms with Crippen LogP contribution >= 0.6 is 0 Å². The van der Waals surface area contributed by atoms with Crippen molar-refractivity contribution in [3.8, 4) is 0 Å². The van der Waals surface area contributed by atoms with E-state index in [0.29, 0.717) is 6.54 Å². The Kier molecular flexibility index (Phi) is 5.20. The Labute approximate surface area is 124 Å². The van der Waals surface area contributed by atoms with Crippen LogP contribution in [0.4, 0.5) is 4.79 Å². The van der Waals surface area contributed by atoms with Crippen LogP contribution in [0.25, 0.3) is 0 Å². The van der Waals surface area contributed by atoms with Gasteiger partial charge in [0.15, 0.2) is 0 Å². The minimum absolute atomic E-state index is 0.0779. The highest BCUT2D eigenvalue weighted by atomic mass is 16.6. The van der Waals surface area contributed by atoms with Gasteiger partial charge in [-0.15, -0.1) is 0 Å². The first kappa shape index (κ1) is 15.4. The molecule has 1 aliphatic rings. The normalized spacial score (nSPS) is 21.7. The van der Waals surface area contributed by atoms with Gasteiger partial charge < -0.3 is 14.4 Å². The zero-order valence-electron chi connectivity index (χ0n) is 12.5. The van der Waals surface area contributed by atoms with Crippen LogP contribution in [0.1, 0.15) is 25.3 Å². The molecule has 5 nitrogen and oxygen atoms in total. The zero-order chi connectivity index (χ0) is 15.2. The van der Waals surface area contributed by atoms with Gasteiger partial charge in [-0.25, -0.2) is 4.79 Å². The van der Waals surface area contributed by atoms with Crippen molar-refractivity contribution < 1.29 is 19.1 Å². The van der Waals surface area contributed by atoms with Crippen molar-refractivity contribution in [1.29, 1.82) is 0 Å². The molecule has 1 heterocycles. The quantitative estimate of drug-likeness (QED) is 0.803. The van der Waals surface area contributed by atoms with Gasteiger partial charge in [-0.05, 0) is 25.3 Å². The Morgan fingerprint density at radius 3 is 2.62 bits per heavy atom. The fraction of sp³-hybridized carbons (Fsp3) is 0.500. The molecule has 21 heavy (non-hydrogen) atoms. The molecule has 0 radical (unpaired) electrons. The van der Waals surface area contributed by atoms with E-state index in [2.05, 4.69) is 0 Å². The van der Waals surface area contributed by atoms with Gasteiger partial charge in [-0.1, -0.05) is 30.3 Å². The van der Waals surface area contributed by atoms with Crippen molar-refractivity contribution in [3.05, 3.63) is 35.9 Å². The second-order valence-electron chi connectivity index (χ2n) is 5.34. The van der Waals surface area contributed by atoms with Gasteiger partial charge in [0.2, 0.25) is 0 Å². The van der Waals surface area contributed by atoms with E-state index in [9.17, 15) is 9.59 Å². The number of carbonyl (C=O) groups excluding carboxylic acids is 2. The summed E-state index contributed by atoms with van der Waals surface area (Å²) in [6.45, 7) is 2.57. The van der Waals surface area contributed by atoms with Crippen molar-refractivity contribution in [2.45, 2.75) is 32.4 Å². The van der Waals surface area contributed by atoms with Crippen LogP contribution in [0.2, 0.25) is 0 Å². The maximum atomic E-state index is 12.2. The number of rotatable bonds is 3. The van der Waals surface area contributed by atoms with E-state index >= 15 is 0 Å². The van der Waals surface area contributed by atoms with E-state index in [4.69, 9.17) is 9.47 Å². The van der Waals surface area contributed by atoms with Crippen LogP contribution in [-0.4, -0.2) is 36.7 Å². The molecule has 114 valence electrons. The summed E-state index contributed by atoms with van der Waals surface area (Å²) in [5.41, 5.74) is 0.944. The number of piperidine rings is 1. The SMILES string of the molecule is COC(=O)[C@H]1CC[C@@H](C)N(C(=O)OCc2ccccc2)C1. The van der Waals surface area contributed by atoms with Crippen molar-refractivity contribution in [2.24, 2.45) is 5.92 Å². The van der Waals surface area contributed by atoms with E-state index < -0.39 is 0 Å². The summed E-state index contributed by atoms with van der Waals surface area (Å²) >= 11 is 0. The van der Waals surface area contributed by atoms with Gasteiger partial charge in [0.1, 0.15) is 6.61 Å². The summed E-state index contributed by atoms with van der Waals surface area (Å²) in [4.78, 5) is 25.4. The molecule has 0 saturated carbocycles. The maximum absolute atomic E-state index is 12.2. The van der Waals surface area contributed by atoms with Gasteiger partial charge in [0.05, 0.1) is 13.0 Å². The highest BCUT2D eigenvalue weighted by Crippen LogP contribution is 2.23.